The average molecular weight is 793 g/mol. The fourth-order valence-electron chi connectivity index (χ4n) is 5.79. The molecule has 0 bridgehead atoms. The molecule has 0 fully saturated rings. The van der Waals surface area contributed by atoms with Crippen LogP contribution in [-0.2, 0) is 37.3 Å². The van der Waals surface area contributed by atoms with Crippen LogP contribution in [0.3, 0.4) is 0 Å². The predicted molar refractivity (Wildman–Crippen MR) is 188 cm³/mol. The van der Waals surface area contributed by atoms with Crippen LogP contribution in [0.4, 0.5) is 0 Å². The van der Waals surface area contributed by atoms with Crippen LogP contribution in [0, 0.1) is 6.07 Å². The standard InChI is InChI=1S/C40H41N2OS.Pt/c1-38(2,3)26-19-29(36-35(20-26)44-37(42-36)27-16-12-13-17-34(27)43)28-21-30(32(40(7,8)9)22-31(28)39(4,5)6)33-18-24-14-10-11-15-25(24)23-41-33;/h10-20,22-23,43H,1-9H3;/q-1;. The third kappa shape index (κ3) is 6.37. The van der Waals surface area contributed by atoms with Crippen molar-refractivity contribution in [1.29, 1.82) is 0 Å². The van der Waals surface area contributed by atoms with Crippen molar-refractivity contribution in [2.45, 2.75) is 78.6 Å². The normalized spacial score (nSPS) is 12.5. The second kappa shape index (κ2) is 11.8. The van der Waals surface area contributed by atoms with Gasteiger partial charge in [0.1, 0.15) is 10.8 Å². The van der Waals surface area contributed by atoms with Crippen molar-refractivity contribution in [1.82, 2.24) is 9.97 Å². The van der Waals surface area contributed by atoms with Gasteiger partial charge in [0.25, 0.3) is 0 Å². The minimum atomic E-state index is -0.151. The molecule has 3 nitrogen and oxygen atoms in total. The fraction of sp³-hybridized carbons (Fsp3) is 0.300. The molecule has 6 rings (SSSR count). The summed E-state index contributed by atoms with van der Waals surface area (Å²) in [6.45, 7) is 20.4. The fourth-order valence-corrected chi connectivity index (χ4v) is 6.85. The van der Waals surface area contributed by atoms with E-state index >= 15 is 0 Å². The summed E-state index contributed by atoms with van der Waals surface area (Å²) in [5, 5.41) is 13.8. The van der Waals surface area contributed by atoms with E-state index < -0.39 is 0 Å². The molecular weight excluding hydrogens is 752 g/mol. The molecule has 1 N–H and O–H groups in total. The Labute approximate surface area is 286 Å². The molecule has 0 amide bonds. The molecule has 6 aromatic rings. The summed E-state index contributed by atoms with van der Waals surface area (Å²) in [7, 11) is 0. The second-order valence-corrected chi connectivity index (χ2v) is 16.0. The molecule has 234 valence electrons. The van der Waals surface area contributed by atoms with Gasteiger partial charge in [0.05, 0.1) is 11.1 Å². The number of para-hydroxylation sites is 1. The summed E-state index contributed by atoms with van der Waals surface area (Å²) in [5.74, 6) is 0.241. The molecule has 0 spiro atoms. The van der Waals surface area contributed by atoms with E-state index in [1.807, 2.05) is 24.4 Å². The first-order chi connectivity index (χ1) is 20.6. The summed E-state index contributed by atoms with van der Waals surface area (Å²) in [5.41, 5.74) is 9.11. The number of hydrogen-bond acceptors (Lipinski definition) is 4. The molecule has 0 unspecified atom stereocenters. The number of nitrogens with zero attached hydrogens (tertiary/aromatic N) is 2. The first-order valence-corrected chi connectivity index (χ1v) is 16.1. The van der Waals surface area contributed by atoms with Crippen molar-refractivity contribution >= 4 is 32.3 Å². The van der Waals surface area contributed by atoms with Gasteiger partial charge >= 0.3 is 0 Å². The number of aromatic hydroxyl groups is 1. The van der Waals surface area contributed by atoms with Crippen LogP contribution in [0.25, 0.3) is 53.9 Å². The zero-order valence-corrected chi connectivity index (χ0v) is 30.7. The van der Waals surface area contributed by atoms with E-state index in [-0.39, 0.29) is 43.1 Å². The number of aromatic nitrogens is 2. The molecule has 0 radical (unpaired) electrons. The number of pyridine rings is 1. The van der Waals surface area contributed by atoms with Gasteiger partial charge in [0.2, 0.25) is 0 Å². The minimum absolute atomic E-state index is 0. The Morgan fingerprint density at radius 2 is 1.29 bits per heavy atom. The van der Waals surface area contributed by atoms with Gasteiger partial charge < -0.3 is 5.11 Å². The number of phenols is 1. The van der Waals surface area contributed by atoms with Gasteiger partial charge in [-0.2, -0.15) is 0 Å². The number of benzene rings is 4. The molecule has 0 saturated heterocycles. The van der Waals surface area contributed by atoms with E-state index in [9.17, 15) is 5.11 Å². The Hall–Kier alpha value is -3.33. The molecule has 5 heteroatoms. The molecule has 0 saturated carbocycles. The molecule has 4 aromatic carbocycles. The van der Waals surface area contributed by atoms with Crippen molar-refractivity contribution in [2.24, 2.45) is 0 Å². The maximum Gasteiger partial charge on any atom is 0.127 e. The van der Waals surface area contributed by atoms with Crippen molar-refractivity contribution in [3.63, 3.8) is 0 Å². The third-order valence-corrected chi connectivity index (χ3v) is 9.38. The van der Waals surface area contributed by atoms with Crippen molar-refractivity contribution in [2.75, 3.05) is 0 Å². The molecule has 2 heterocycles. The van der Waals surface area contributed by atoms with Crippen LogP contribution in [0.1, 0.15) is 79.0 Å². The Kier molecular flexibility index (Phi) is 8.66. The van der Waals surface area contributed by atoms with E-state index in [4.69, 9.17) is 9.97 Å². The van der Waals surface area contributed by atoms with Gasteiger partial charge in [-0.3, -0.25) is 4.98 Å². The van der Waals surface area contributed by atoms with Crippen LogP contribution in [0.5, 0.6) is 5.75 Å². The average Bonchev–Trinajstić information content (AvgIpc) is 3.39. The predicted octanol–water partition coefficient (Wildman–Crippen LogP) is 11.2. The van der Waals surface area contributed by atoms with Crippen molar-refractivity contribution in [3.8, 4) is 38.7 Å². The van der Waals surface area contributed by atoms with Crippen LogP contribution in [0.2, 0.25) is 0 Å². The third-order valence-electron chi connectivity index (χ3n) is 8.35. The molecular formula is C40H41N2OPtS-. The number of hydrogen-bond donors (Lipinski definition) is 1. The topological polar surface area (TPSA) is 46.0 Å². The molecule has 0 aliphatic carbocycles. The van der Waals surface area contributed by atoms with Gasteiger partial charge in [-0.25, -0.2) is 4.98 Å². The van der Waals surface area contributed by atoms with Gasteiger partial charge in [-0.1, -0.05) is 122 Å². The largest absolute Gasteiger partial charge is 0.507 e. The van der Waals surface area contributed by atoms with Gasteiger partial charge in [-0.15, -0.1) is 40.2 Å². The maximum atomic E-state index is 10.7. The first kappa shape index (κ1) is 33.0. The van der Waals surface area contributed by atoms with E-state index in [0.29, 0.717) is 0 Å². The Morgan fingerprint density at radius 3 is 1.93 bits per heavy atom. The summed E-state index contributed by atoms with van der Waals surface area (Å²) >= 11 is 1.63. The summed E-state index contributed by atoms with van der Waals surface area (Å²) in [6.07, 6.45) is 1.97. The zero-order chi connectivity index (χ0) is 31.6. The van der Waals surface area contributed by atoms with Gasteiger partial charge in [0, 0.05) is 37.7 Å². The Morgan fingerprint density at radius 1 is 0.667 bits per heavy atom. The molecule has 2 aromatic heterocycles. The van der Waals surface area contributed by atoms with Gasteiger partial charge in [0.15, 0.2) is 0 Å². The van der Waals surface area contributed by atoms with Crippen LogP contribution < -0.4 is 0 Å². The number of thiazole rings is 1. The monoisotopic (exact) mass is 792 g/mol. The van der Waals surface area contributed by atoms with Crippen molar-refractivity contribution < 1.29 is 26.2 Å². The summed E-state index contributed by atoms with van der Waals surface area (Å²) in [6, 6.07) is 29.0. The number of phenolic OH excluding ortho intramolecular Hbond substituents is 1. The minimum Gasteiger partial charge on any atom is -0.507 e. The van der Waals surface area contributed by atoms with E-state index in [0.717, 1.165) is 53.9 Å². The Balaban J connectivity index is 0.00000400. The quantitative estimate of drug-likeness (QED) is 0.182. The molecule has 45 heavy (non-hydrogen) atoms. The molecule has 0 aliphatic rings. The second-order valence-electron chi connectivity index (χ2n) is 14.9. The van der Waals surface area contributed by atoms with E-state index in [2.05, 4.69) is 117 Å². The van der Waals surface area contributed by atoms with Crippen LogP contribution in [0.15, 0.2) is 79.0 Å². The van der Waals surface area contributed by atoms with Crippen LogP contribution >= 0.6 is 11.3 Å². The molecule has 0 atom stereocenters. The van der Waals surface area contributed by atoms with Gasteiger partial charge in [-0.05, 0) is 50.8 Å². The van der Waals surface area contributed by atoms with Crippen molar-refractivity contribution in [3.05, 3.63) is 102 Å². The first-order valence-electron chi connectivity index (χ1n) is 15.3. The molecule has 0 aliphatic heterocycles. The van der Waals surface area contributed by atoms with E-state index in [1.54, 1.807) is 17.4 Å². The maximum absolute atomic E-state index is 10.7. The number of fused-ring (bicyclic) bond motifs is 2. The zero-order valence-electron chi connectivity index (χ0n) is 27.6. The summed E-state index contributed by atoms with van der Waals surface area (Å²) in [4.78, 5) is 10.2. The number of rotatable bonds is 3. The Bertz CT molecular complexity index is 2040. The smallest absolute Gasteiger partial charge is 0.127 e. The summed E-state index contributed by atoms with van der Waals surface area (Å²) < 4.78 is 1.10. The van der Waals surface area contributed by atoms with Crippen LogP contribution in [-0.4, -0.2) is 15.1 Å². The SMILES string of the molecule is CC(C)(C)c1cc(-c2[c-]c(-c3cc4ccccc4cn3)c(C(C)(C)C)cc2C(C)(C)C)c2nc(-c3ccccc3O)sc2c1.[Pt]. The van der Waals surface area contributed by atoms with E-state index in [1.165, 1.54) is 16.7 Å².